The Morgan fingerprint density at radius 1 is 1.16 bits per heavy atom. The second-order valence-corrected chi connectivity index (χ2v) is 6.82. The number of carbonyl (C=O) groups is 1. The predicted octanol–water partition coefficient (Wildman–Crippen LogP) is 2.30. The summed E-state index contributed by atoms with van der Waals surface area (Å²) in [5.74, 6) is -0.369. The van der Waals surface area contributed by atoms with Crippen LogP contribution in [0, 0.1) is 6.92 Å². The maximum Gasteiger partial charge on any atom is 0.339 e. The summed E-state index contributed by atoms with van der Waals surface area (Å²) in [4.78, 5) is 12.2. The SMILES string of the molecule is Cc1cc(C2=C(c3ccc(CN)cc3)C(=O)OC2)ccc1CS(=O)[O-]. The Kier molecular flexibility index (Phi) is 5.13. The monoisotopic (exact) mass is 356 g/mol. The smallest absolute Gasteiger partial charge is 0.339 e. The molecule has 1 heterocycles. The van der Waals surface area contributed by atoms with E-state index in [0.29, 0.717) is 12.1 Å². The van der Waals surface area contributed by atoms with Gasteiger partial charge < -0.3 is 15.0 Å². The summed E-state index contributed by atoms with van der Waals surface area (Å²) < 4.78 is 27.1. The van der Waals surface area contributed by atoms with Crippen molar-refractivity contribution in [1.82, 2.24) is 0 Å². The van der Waals surface area contributed by atoms with E-state index in [2.05, 4.69) is 0 Å². The van der Waals surface area contributed by atoms with Crippen molar-refractivity contribution in [2.24, 2.45) is 5.73 Å². The number of carbonyl (C=O) groups excluding carboxylic acids is 1. The quantitative estimate of drug-likeness (QED) is 0.655. The Morgan fingerprint density at radius 2 is 1.84 bits per heavy atom. The third-order valence-electron chi connectivity index (χ3n) is 4.30. The maximum absolute atomic E-state index is 12.2. The molecule has 0 aromatic heterocycles. The third kappa shape index (κ3) is 3.71. The van der Waals surface area contributed by atoms with Crippen LogP contribution in [0.15, 0.2) is 42.5 Å². The highest BCUT2D eigenvalue weighted by molar-refractivity contribution is 7.78. The van der Waals surface area contributed by atoms with E-state index in [1.54, 1.807) is 6.07 Å². The van der Waals surface area contributed by atoms with Crippen LogP contribution < -0.4 is 5.73 Å². The fourth-order valence-electron chi connectivity index (χ4n) is 2.91. The molecule has 0 saturated carbocycles. The van der Waals surface area contributed by atoms with Crippen LogP contribution in [0.1, 0.15) is 27.8 Å². The molecular weight excluding hydrogens is 338 g/mol. The van der Waals surface area contributed by atoms with Crippen molar-refractivity contribution in [3.05, 3.63) is 70.3 Å². The summed E-state index contributed by atoms with van der Waals surface area (Å²) in [7, 11) is 0. The standard InChI is InChI=1S/C19H19NO4S/c1-12-8-15(6-7-16(12)11-25(22)23)17-10-24-19(21)18(17)14-4-2-13(9-20)3-5-14/h2-8H,9-11,20H2,1H3,(H,22,23)/p-1. The van der Waals surface area contributed by atoms with Crippen molar-refractivity contribution in [3.63, 3.8) is 0 Å². The van der Waals surface area contributed by atoms with Gasteiger partial charge in [-0.1, -0.05) is 53.5 Å². The van der Waals surface area contributed by atoms with Crippen molar-refractivity contribution in [2.45, 2.75) is 19.2 Å². The van der Waals surface area contributed by atoms with Crippen molar-refractivity contribution in [1.29, 1.82) is 0 Å². The minimum absolute atomic E-state index is 0.0198. The molecule has 0 radical (unpaired) electrons. The summed E-state index contributed by atoms with van der Waals surface area (Å²) in [6, 6.07) is 13.0. The normalized spacial score (nSPS) is 15.4. The van der Waals surface area contributed by atoms with E-state index in [-0.39, 0.29) is 18.3 Å². The molecule has 1 aliphatic rings. The molecule has 0 fully saturated rings. The van der Waals surface area contributed by atoms with Crippen molar-refractivity contribution in [2.75, 3.05) is 6.61 Å². The Bertz CT molecular complexity index is 871. The van der Waals surface area contributed by atoms with Crippen LogP contribution in [-0.4, -0.2) is 21.3 Å². The molecule has 0 bridgehead atoms. The summed E-state index contributed by atoms with van der Waals surface area (Å²) in [6.07, 6.45) is 0. The zero-order valence-corrected chi connectivity index (χ0v) is 14.6. The lowest BCUT2D eigenvalue weighted by molar-refractivity contribution is -0.133. The first-order valence-corrected chi connectivity index (χ1v) is 9.09. The second-order valence-electron chi connectivity index (χ2n) is 5.92. The highest BCUT2D eigenvalue weighted by Crippen LogP contribution is 2.33. The Labute approximate surface area is 148 Å². The van der Waals surface area contributed by atoms with Crippen LogP contribution >= 0.6 is 0 Å². The molecule has 0 spiro atoms. The summed E-state index contributed by atoms with van der Waals surface area (Å²) in [5, 5.41) is 0. The molecular formula is C19H18NO4S-. The molecule has 1 atom stereocenters. The van der Waals surface area contributed by atoms with Gasteiger partial charge in [0.2, 0.25) is 0 Å². The van der Waals surface area contributed by atoms with Gasteiger partial charge in [0.25, 0.3) is 0 Å². The summed E-state index contributed by atoms with van der Waals surface area (Å²) >= 11 is -2.13. The van der Waals surface area contributed by atoms with Gasteiger partial charge in [0, 0.05) is 17.9 Å². The molecule has 1 aliphatic heterocycles. The van der Waals surface area contributed by atoms with Crippen molar-refractivity contribution < 1.29 is 18.3 Å². The fourth-order valence-corrected chi connectivity index (χ4v) is 3.48. The number of aryl methyl sites for hydroxylation is 1. The van der Waals surface area contributed by atoms with Gasteiger partial charge in [-0.3, -0.25) is 4.21 Å². The van der Waals surface area contributed by atoms with Crippen LogP contribution in [0.3, 0.4) is 0 Å². The van der Waals surface area contributed by atoms with Crippen LogP contribution in [-0.2, 0) is 32.9 Å². The first kappa shape index (κ1) is 17.5. The predicted molar refractivity (Wildman–Crippen MR) is 95.9 cm³/mol. The van der Waals surface area contributed by atoms with Crippen molar-refractivity contribution in [3.8, 4) is 0 Å². The first-order chi connectivity index (χ1) is 12.0. The Balaban J connectivity index is 2.03. The molecule has 6 heteroatoms. The van der Waals surface area contributed by atoms with Gasteiger partial charge in [0.05, 0.1) is 5.57 Å². The average molecular weight is 356 g/mol. The largest absolute Gasteiger partial charge is 0.772 e. The van der Waals surface area contributed by atoms with Gasteiger partial charge in [-0.15, -0.1) is 0 Å². The number of cyclic esters (lactones) is 1. The van der Waals surface area contributed by atoms with Crippen LogP contribution in [0.5, 0.6) is 0 Å². The number of nitrogens with two attached hydrogens (primary N) is 1. The lowest BCUT2D eigenvalue weighted by atomic mass is 9.94. The van der Waals surface area contributed by atoms with Crippen LogP contribution in [0.25, 0.3) is 11.1 Å². The highest BCUT2D eigenvalue weighted by Gasteiger charge is 2.27. The molecule has 1 unspecified atom stereocenters. The number of esters is 1. The molecule has 0 saturated heterocycles. The maximum atomic E-state index is 12.2. The summed E-state index contributed by atoms with van der Waals surface area (Å²) in [6.45, 7) is 2.51. The number of hydrogen-bond acceptors (Lipinski definition) is 5. The fraction of sp³-hybridized carbons (Fsp3) is 0.211. The average Bonchev–Trinajstić information content (AvgIpc) is 2.98. The van der Waals surface area contributed by atoms with E-state index in [1.165, 1.54) is 0 Å². The number of rotatable bonds is 5. The zero-order valence-electron chi connectivity index (χ0n) is 13.8. The minimum Gasteiger partial charge on any atom is -0.772 e. The lowest BCUT2D eigenvalue weighted by Crippen LogP contribution is -2.00. The van der Waals surface area contributed by atoms with Crippen molar-refractivity contribution >= 4 is 28.2 Å². The van der Waals surface area contributed by atoms with E-state index in [9.17, 15) is 13.6 Å². The van der Waals surface area contributed by atoms with E-state index < -0.39 is 11.1 Å². The molecule has 25 heavy (non-hydrogen) atoms. The number of hydrogen-bond donors (Lipinski definition) is 1. The van der Waals surface area contributed by atoms with Gasteiger partial charge in [0.1, 0.15) is 6.61 Å². The Morgan fingerprint density at radius 3 is 2.44 bits per heavy atom. The number of ether oxygens (including phenoxy) is 1. The minimum atomic E-state index is -2.13. The topological polar surface area (TPSA) is 92.5 Å². The third-order valence-corrected chi connectivity index (χ3v) is 4.84. The lowest BCUT2D eigenvalue weighted by Gasteiger charge is -2.11. The van der Waals surface area contributed by atoms with Gasteiger partial charge >= 0.3 is 5.97 Å². The first-order valence-electron chi connectivity index (χ1n) is 7.85. The van der Waals surface area contributed by atoms with E-state index >= 15 is 0 Å². The van der Waals surface area contributed by atoms with Crippen LogP contribution in [0.2, 0.25) is 0 Å². The zero-order chi connectivity index (χ0) is 18.0. The number of benzene rings is 2. The van der Waals surface area contributed by atoms with Crippen LogP contribution in [0.4, 0.5) is 0 Å². The molecule has 2 N–H and O–H groups in total. The van der Waals surface area contributed by atoms with Gasteiger partial charge in [-0.2, -0.15) is 0 Å². The molecule has 130 valence electrons. The van der Waals surface area contributed by atoms with Gasteiger partial charge in [-0.05, 0) is 34.7 Å². The molecule has 5 nitrogen and oxygen atoms in total. The second kappa shape index (κ2) is 7.31. The van der Waals surface area contributed by atoms with E-state index in [1.807, 2.05) is 43.3 Å². The highest BCUT2D eigenvalue weighted by atomic mass is 32.2. The summed E-state index contributed by atoms with van der Waals surface area (Å²) in [5.41, 5.74) is 11.2. The van der Waals surface area contributed by atoms with Gasteiger partial charge in [-0.25, -0.2) is 4.79 Å². The van der Waals surface area contributed by atoms with E-state index in [0.717, 1.165) is 33.4 Å². The molecule has 0 aliphatic carbocycles. The molecule has 0 amide bonds. The molecule has 2 aromatic carbocycles. The van der Waals surface area contributed by atoms with E-state index in [4.69, 9.17) is 10.5 Å². The molecule has 2 aromatic rings. The van der Waals surface area contributed by atoms with Gasteiger partial charge in [0.15, 0.2) is 0 Å². The Hall–Kier alpha value is -2.28. The molecule has 3 rings (SSSR count).